The molecule has 0 spiro atoms. The van der Waals surface area contributed by atoms with Gasteiger partial charge in [-0.2, -0.15) is 0 Å². The zero-order valence-corrected chi connectivity index (χ0v) is 19.6. The van der Waals surface area contributed by atoms with Crippen LogP contribution < -0.4 is 15.6 Å². The van der Waals surface area contributed by atoms with Crippen molar-refractivity contribution in [3.8, 4) is 11.4 Å². The molecule has 1 atom stereocenters. The Morgan fingerprint density at radius 2 is 1.97 bits per heavy atom. The number of ether oxygens (including phenoxy) is 1. The van der Waals surface area contributed by atoms with E-state index in [0.717, 1.165) is 16.3 Å². The van der Waals surface area contributed by atoms with E-state index in [1.165, 1.54) is 35.3 Å². The van der Waals surface area contributed by atoms with Crippen LogP contribution in [0, 0.1) is 6.92 Å². The van der Waals surface area contributed by atoms with Gasteiger partial charge in [0.2, 0.25) is 0 Å². The number of pyridine rings is 1. The molecule has 0 saturated heterocycles. The van der Waals surface area contributed by atoms with E-state index >= 15 is 0 Å². The summed E-state index contributed by atoms with van der Waals surface area (Å²) in [5.41, 5.74) is 1.48. The smallest absolute Gasteiger partial charge is 0.274 e. The topological polar surface area (TPSA) is 61.1 Å². The van der Waals surface area contributed by atoms with Crippen molar-refractivity contribution in [2.75, 3.05) is 12.4 Å². The summed E-state index contributed by atoms with van der Waals surface area (Å²) in [5, 5.41) is 2.98. The molecule has 10 heteroatoms. The van der Waals surface area contributed by atoms with E-state index in [1.807, 2.05) is 17.7 Å². The molecular weight excluding hydrogens is 470 g/mol. The Morgan fingerprint density at radius 3 is 2.58 bits per heavy atom. The number of methoxy groups -OCH3 is 1. The van der Waals surface area contributed by atoms with Crippen LogP contribution in [0.5, 0.6) is 5.75 Å². The number of hydrogen-bond acceptors (Lipinski definition) is 5. The number of thiophene rings is 1. The molecule has 0 amide bonds. The van der Waals surface area contributed by atoms with Crippen molar-refractivity contribution < 1.29 is 13.5 Å². The van der Waals surface area contributed by atoms with E-state index in [9.17, 15) is 13.6 Å². The summed E-state index contributed by atoms with van der Waals surface area (Å²) in [7, 11) is 1.53. The molecule has 0 aliphatic heterocycles. The molecule has 1 aromatic carbocycles. The molecule has 172 valence electrons. The van der Waals surface area contributed by atoms with Crippen molar-refractivity contribution in [2.45, 2.75) is 26.3 Å². The molecule has 1 N–H and O–H groups in total. The number of nitrogens with one attached hydrogen (secondary N) is 1. The van der Waals surface area contributed by atoms with Gasteiger partial charge < -0.3 is 19.2 Å². The highest BCUT2D eigenvalue weighted by Crippen LogP contribution is 2.31. The Morgan fingerprint density at radius 1 is 1.18 bits per heavy atom. The number of nitrogens with zero attached hydrogens (tertiary/aromatic N) is 3. The van der Waals surface area contributed by atoms with Gasteiger partial charge in [0.05, 0.1) is 35.2 Å². The van der Waals surface area contributed by atoms with Gasteiger partial charge in [0.15, 0.2) is 0 Å². The predicted octanol–water partition coefficient (Wildman–Crippen LogP) is 6.36. The minimum Gasteiger partial charge on any atom is -0.494 e. The Balaban J connectivity index is 1.73. The third-order valence-corrected chi connectivity index (χ3v) is 6.59. The van der Waals surface area contributed by atoms with Gasteiger partial charge in [0.1, 0.15) is 11.4 Å². The fraction of sp³-hybridized carbons (Fsp3) is 0.217. The molecule has 0 bridgehead atoms. The van der Waals surface area contributed by atoms with Crippen LogP contribution in [0.3, 0.4) is 0 Å². The maximum atomic E-state index is 13.6. The maximum Gasteiger partial charge on any atom is 0.274 e. The fourth-order valence-electron chi connectivity index (χ4n) is 3.49. The number of rotatable bonds is 7. The molecule has 0 aliphatic carbocycles. The molecule has 4 rings (SSSR count). The first-order valence-electron chi connectivity index (χ1n) is 10.0. The molecule has 4 aromatic rings. The number of aryl methyl sites for hydroxylation is 1. The average Bonchev–Trinajstić information content (AvgIpc) is 3.42. The van der Waals surface area contributed by atoms with Crippen LogP contribution >= 0.6 is 22.9 Å². The van der Waals surface area contributed by atoms with E-state index in [2.05, 4.69) is 10.3 Å². The Labute approximate surface area is 198 Å². The van der Waals surface area contributed by atoms with Crippen LogP contribution in [0.15, 0.2) is 59.9 Å². The van der Waals surface area contributed by atoms with Crippen molar-refractivity contribution in [1.29, 1.82) is 0 Å². The SMILES string of the molecule is COc1cc(Nc2cc(C(F)F)cn([C@@H](C)c3ccc(Cl)s3)c2=O)ccc1-n1cnc(C)c1. The fourth-order valence-corrected chi connectivity index (χ4v) is 4.60. The summed E-state index contributed by atoms with van der Waals surface area (Å²) in [6.45, 7) is 3.65. The molecular formula is C23H21ClF2N4O2S. The van der Waals surface area contributed by atoms with E-state index in [-0.39, 0.29) is 11.3 Å². The predicted molar refractivity (Wildman–Crippen MR) is 127 cm³/mol. The van der Waals surface area contributed by atoms with Crippen molar-refractivity contribution >= 4 is 34.3 Å². The molecule has 33 heavy (non-hydrogen) atoms. The lowest BCUT2D eigenvalue weighted by atomic mass is 10.2. The lowest BCUT2D eigenvalue weighted by Gasteiger charge is -2.18. The average molecular weight is 491 g/mol. The first kappa shape index (κ1) is 23.0. The van der Waals surface area contributed by atoms with Gasteiger partial charge in [-0.3, -0.25) is 4.79 Å². The van der Waals surface area contributed by atoms with Crippen LogP contribution in [0.1, 0.15) is 35.5 Å². The van der Waals surface area contributed by atoms with E-state index in [1.54, 1.807) is 43.6 Å². The molecule has 0 saturated carbocycles. The summed E-state index contributed by atoms with van der Waals surface area (Å²) in [6.07, 6.45) is 1.98. The van der Waals surface area contributed by atoms with Crippen molar-refractivity contribution in [3.05, 3.63) is 85.9 Å². The highest BCUT2D eigenvalue weighted by atomic mass is 35.5. The van der Waals surface area contributed by atoms with Gasteiger partial charge in [-0.05, 0) is 44.2 Å². The van der Waals surface area contributed by atoms with Crippen molar-refractivity contribution in [1.82, 2.24) is 14.1 Å². The van der Waals surface area contributed by atoms with Gasteiger partial charge in [-0.15, -0.1) is 11.3 Å². The lowest BCUT2D eigenvalue weighted by Crippen LogP contribution is -2.26. The van der Waals surface area contributed by atoms with Crippen LogP contribution in [0.25, 0.3) is 5.69 Å². The third kappa shape index (κ3) is 4.79. The number of aromatic nitrogens is 3. The van der Waals surface area contributed by atoms with Gasteiger partial charge >= 0.3 is 0 Å². The highest BCUT2D eigenvalue weighted by molar-refractivity contribution is 7.16. The third-order valence-electron chi connectivity index (χ3n) is 5.19. The second-order valence-electron chi connectivity index (χ2n) is 7.45. The normalized spacial score (nSPS) is 12.2. The molecule has 0 radical (unpaired) electrons. The minimum absolute atomic E-state index is 0.0376. The van der Waals surface area contributed by atoms with Gasteiger partial charge in [0, 0.05) is 34.6 Å². The molecule has 3 heterocycles. The molecule has 0 unspecified atom stereocenters. The standard InChI is InChI=1S/C23H21ClF2N4O2S/c1-13-10-29(12-27-13)18-5-4-16(9-19(18)32-3)28-17-8-15(22(25)26)11-30(23(17)31)14(2)20-6-7-21(24)33-20/h4-12,14,22,28H,1-3H3/t14-/m0/s1. The van der Waals surface area contributed by atoms with E-state index < -0.39 is 18.0 Å². The quantitative estimate of drug-likeness (QED) is 0.327. The van der Waals surface area contributed by atoms with E-state index in [4.69, 9.17) is 16.3 Å². The van der Waals surface area contributed by atoms with Gasteiger partial charge in [-0.25, -0.2) is 13.8 Å². The zero-order chi connectivity index (χ0) is 23.7. The largest absolute Gasteiger partial charge is 0.494 e. The van der Waals surface area contributed by atoms with Crippen LogP contribution in [0.2, 0.25) is 4.34 Å². The second-order valence-corrected chi connectivity index (χ2v) is 9.20. The summed E-state index contributed by atoms with van der Waals surface area (Å²) in [4.78, 5) is 18.2. The summed E-state index contributed by atoms with van der Waals surface area (Å²) >= 11 is 7.32. The van der Waals surface area contributed by atoms with Gasteiger partial charge in [0.25, 0.3) is 12.0 Å². The van der Waals surface area contributed by atoms with E-state index in [0.29, 0.717) is 15.8 Å². The van der Waals surface area contributed by atoms with Crippen LogP contribution in [-0.4, -0.2) is 21.2 Å². The Hall–Kier alpha value is -3.17. The van der Waals surface area contributed by atoms with Crippen molar-refractivity contribution in [2.24, 2.45) is 0 Å². The number of benzene rings is 1. The summed E-state index contributed by atoms with van der Waals surface area (Å²) < 4.78 is 36.5. The number of imidazole rings is 1. The minimum atomic E-state index is -2.74. The lowest BCUT2D eigenvalue weighted by molar-refractivity contribution is 0.150. The Kier molecular flexibility index (Phi) is 6.53. The maximum absolute atomic E-state index is 13.6. The van der Waals surface area contributed by atoms with Crippen LogP contribution in [0.4, 0.5) is 20.2 Å². The number of hydrogen-bond donors (Lipinski definition) is 1. The highest BCUT2D eigenvalue weighted by Gasteiger charge is 2.19. The van der Waals surface area contributed by atoms with Crippen molar-refractivity contribution in [3.63, 3.8) is 0 Å². The Bertz CT molecular complexity index is 1350. The van der Waals surface area contributed by atoms with Gasteiger partial charge in [-0.1, -0.05) is 11.6 Å². The summed E-state index contributed by atoms with van der Waals surface area (Å²) in [6, 6.07) is 9.46. The summed E-state index contributed by atoms with van der Waals surface area (Å²) in [5.74, 6) is 0.532. The molecule has 0 aliphatic rings. The molecule has 6 nitrogen and oxygen atoms in total. The number of halogens is 3. The molecule has 0 fully saturated rings. The first-order valence-corrected chi connectivity index (χ1v) is 11.2. The molecule has 3 aromatic heterocycles. The monoisotopic (exact) mass is 490 g/mol. The first-order chi connectivity index (χ1) is 15.8. The second kappa shape index (κ2) is 9.36. The van der Waals surface area contributed by atoms with Crippen LogP contribution in [-0.2, 0) is 0 Å². The number of anilines is 2. The number of alkyl halides is 2. The zero-order valence-electron chi connectivity index (χ0n) is 18.1.